The largest absolute Gasteiger partial charge is 0.458 e. The molecule has 4 nitrogen and oxygen atoms in total. The number of rotatable bonds is 2. The van der Waals surface area contributed by atoms with Crippen LogP contribution in [0.5, 0.6) is 0 Å². The molecule has 0 N–H and O–H groups in total. The predicted molar refractivity (Wildman–Crippen MR) is 77.0 cm³/mol. The molecule has 0 heterocycles. The Balaban J connectivity index is 2.71. The van der Waals surface area contributed by atoms with Gasteiger partial charge in [0.15, 0.2) is 0 Å². The lowest BCUT2D eigenvalue weighted by Crippen LogP contribution is -2.40. The maximum Gasteiger partial charge on any atom is 0.311 e. The molecule has 1 aliphatic rings. The summed E-state index contributed by atoms with van der Waals surface area (Å²) >= 11 is 0. The lowest BCUT2D eigenvalue weighted by molar-refractivity contribution is -0.178. The fourth-order valence-electron chi connectivity index (χ4n) is 1.64. The van der Waals surface area contributed by atoms with Crippen molar-refractivity contribution in [1.82, 2.24) is 0 Å². The molecule has 0 saturated carbocycles. The van der Waals surface area contributed by atoms with Crippen molar-refractivity contribution in [2.45, 2.75) is 66.6 Å². The van der Waals surface area contributed by atoms with Gasteiger partial charge in [0.1, 0.15) is 12.2 Å². The zero-order valence-corrected chi connectivity index (χ0v) is 13.4. The van der Waals surface area contributed by atoms with Crippen molar-refractivity contribution in [1.29, 1.82) is 0 Å². The van der Waals surface area contributed by atoms with Crippen LogP contribution in [-0.2, 0) is 19.1 Å². The third-order valence-corrected chi connectivity index (χ3v) is 3.06. The monoisotopic (exact) mass is 282 g/mol. The first-order valence-corrected chi connectivity index (χ1v) is 7.09. The van der Waals surface area contributed by atoms with E-state index in [0.717, 1.165) is 0 Å². The van der Waals surface area contributed by atoms with Crippen molar-refractivity contribution in [3.05, 3.63) is 12.2 Å². The van der Waals surface area contributed by atoms with Crippen LogP contribution in [0.2, 0.25) is 0 Å². The SMILES string of the molecule is CC(C)(C)C(=O)O[C@H]1CC=CC[C@H]1OC(=O)C(C)(C)C. The van der Waals surface area contributed by atoms with Gasteiger partial charge in [-0.25, -0.2) is 0 Å². The fraction of sp³-hybridized carbons (Fsp3) is 0.750. The van der Waals surface area contributed by atoms with Gasteiger partial charge in [0.2, 0.25) is 0 Å². The minimum Gasteiger partial charge on any atom is -0.458 e. The third kappa shape index (κ3) is 4.66. The quantitative estimate of drug-likeness (QED) is 0.576. The maximum atomic E-state index is 12.0. The van der Waals surface area contributed by atoms with Crippen molar-refractivity contribution in [3.63, 3.8) is 0 Å². The van der Waals surface area contributed by atoms with Gasteiger partial charge in [-0.2, -0.15) is 0 Å². The highest BCUT2D eigenvalue weighted by atomic mass is 16.6. The summed E-state index contributed by atoms with van der Waals surface area (Å²) in [5.41, 5.74) is -1.11. The number of carbonyl (C=O) groups excluding carboxylic acids is 2. The van der Waals surface area contributed by atoms with Crippen LogP contribution in [0.1, 0.15) is 54.4 Å². The highest BCUT2D eigenvalue weighted by molar-refractivity contribution is 5.76. The molecule has 0 fully saturated rings. The maximum absolute atomic E-state index is 12.0. The van der Waals surface area contributed by atoms with Crippen molar-refractivity contribution in [2.75, 3.05) is 0 Å². The molecular weight excluding hydrogens is 256 g/mol. The van der Waals surface area contributed by atoms with Gasteiger partial charge in [-0.05, 0) is 41.5 Å². The topological polar surface area (TPSA) is 52.6 Å². The van der Waals surface area contributed by atoms with Crippen molar-refractivity contribution < 1.29 is 19.1 Å². The average molecular weight is 282 g/mol. The summed E-state index contributed by atoms with van der Waals surface area (Å²) in [6.45, 7) is 10.9. The van der Waals surface area contributed by atoms with Gasteiger partial charge in [-0.3, -0.25) is 9.59 Å². The molecule has 1 aliphatic carbocycles. The average Bonchev–Trinajstić information content (AvgIpc) is 2.29. The summed E-state index contributed by atoms with van der Waals surface area (Å²) in [4.78, 5) is 23.9. The van der Waals surface area contributed by atoms with E-state index in [4.69, 9.17) is 9.47 Å². The molecule has 0 aromatic rings. The molecule has 0 saturated heterocycles. The second kappa shape index (κ2) is 5.98. The number of ether oxygens (including phenoxy) is 2. The second-order valence-corrected chi connectivity index (χ2v) is 7.33. The number of hydrogen-bond donors (Lipinski definition) is 0. The van der Waals surface area contributed by atoms with Crippen LogP contribution in [0.4, 0.5) is 0 Å². The van der Waals surface area contributed by atoms with E-state index in [0.29, 0.717) is 12.8 Å². The standard InChI is InChI=1S/C16H26O4/c1-15(2,3)13(17)19-11-9-7-8-10-12(11)20-14(18)16(4,5)6/h7-8,11-12H,9-10H2,1-6H3/t11-,12+. The Hall–Kier alpha value is -1.32. The van der Waals surface area contributed by atoms with E-state index in [1.807, 2.05) is 53.7 Å². The minimum absolute atomic E-state index is 0.269. The summed E-state index contributed by atoms with van der Waals surface area (Å²) in [5, 5.41) is 0. The van der Waals surface area contributed by atoms with Crippen molar-refractivity contribution in [2.24, 2.45) is 10.8 Å². The van der Waals surface area contributed by atoms with Crippen LogP contribution in [0.15, 0.2) is 12.2 Å². The summed E-state index contributed by atoms with van der Waals surface area (Å²) in [5.74, 6) is -0.538. The molecule has 4 heteroatoms. The Labute approximate surface area is 121 Å². The zero-order valence-electron chi connectivity index (χ0n) is 13.4. The first-order chi connectivity index (χ1) is 9.01. The Kier molecular flexibility index (Phi) is 5.00. The Morgan fingerprint density at radius 2 is 1.10 bits per heavy atom. The zero-order chi connectivity index (χ0) is 15.6. The lowest BCUT2D eigenvalue weighted by atomic mass is 9.95. The van der Waals surface area contributed by atoms with Crippen LogP contribution in [0.25, 0.3) is 0 Å². The summed E-state index contributed by atoms with van der Waals surface area (Å²) in [6.07, 6.45) is 4.31. The van der Waals surface area contributed by atoms with E-state index in [9.17, 15) is 9.59 Å². The van der Waals surface area contributed by atoms with Gasteiger partial charge in [-0.1, -0.05) is 12.2 Å². The molecule has 114 valence electrons. The second-order valence-electron chi connectivity index (χ2n) is 7.33. The first kappa shape index (κ1) is 16.7. The summed E-state index contributed by atoms with van der Waals surface area (Å²) < 4.78 is 11.0. The molecule has 20 heavy (non-hydrogen) atoms. The van der Waals surface area contributed by atoms with Crippen LogP contribution in [-0.4, -0.2) is 24.1 Å². The van der Waals surface area contributed by atoms with Crippen LogP contribution in [0.3, 0.4) is 0 Å². The van der Waals surface area contributed by atoms with E-state index in [2.05, 4.69) is 0 Å². The lowest BCUT2D eigenvalue weighted by Gasteiger charge is -2.32. The molecule has 2 atom stereocenters. The van der Waals surface area contributed by atoms with E-state index in [1.165, 1.54) is 0 Å². The number of carbonyl (C=O) groups is 2. The molecule has 1 rings (SSSR count). The molecular formula is C16H26O4. The predicted octanol–water partition coefficient (Wildman–Crippen LogP) is 3.25. The molecule has 0 spiro atoms. The Morgan fingerprint density at radius 3 is 1.35 bits per heavy atom. The van der Waals surface area contributed by atoms with Crippen molar-refractivity contribution >= 4 is 11.9 Å². The van der Waals surface area contributed by atoms with Gasteiger partial charge in [0.25, 0.3) is 0 Å². The van der Waals surface area contributed by atoms with Gasteiger partial charge < -0.3 is 9.47 Å². The number of esters is 2. The van der Waals surface area contributed by atoms with E-state index < -0.39 is 23.0 Å². The molecule has 0 aromatic heterocycles. The van der Waals surface area contributed by atoms with E-state index >= 15 is 0 Å². The first-order valence-electron chi connectivity index (χ1n) is 7.09. The molecule has 0 unspecified atom stereocenters. The molecule has 0 aromatic carbocycles. The fourth-order valence-corrected chi connectivity index (χ4v) is 1.64. The molecule has 0 bridgehead atoms. The highest BCUT2D eigenvalue weighted by Gasteiger charge is 2.35. The normalized spacial score (nSPS) is 23.3. The van der Waals surface area contributed by atoms with Gasteiger partial charge >= 0.3 is 11.9 Å². The van der Waals surface area contributed by atoms with Crippen LogP contribution in [0, 0.1) is 10.8 Å². The molecule has 0 aliphatic heterocycles. The van der Waals surface area contributed by atoms with Gasteiger partial charge in [0.05, 0.1) is 10.8 Å². The smallest absolute Gasteiger partial charge is 0.311 e. The molecule has 0 amide bonds. The highest BCUT2D eigenvalue weighted by Crippen LogP contribution is 2.26. The summed E-state index contributed by atoms with van der Waals surface area (Å²) in [7, 11) is 0. The van der Waals surface area contributed by atoms with E-state index in [-0.39, 0.29) is 11.9 Å². The van der Waals surface area contributed by atoms with E-state index in [1.54, 1.807) is 0 Å². The Bertz CT molecular complexity index is 358. The van der Waals surface area contributed by atoms with Crippen LogP contribution >= 0.6 is 0 Å². The summed E-state index contributed by atoms with van der Waals surface area (Å²) in [6, 6.07) is 0. The Morgan fingerprint density at radius 1 is 0.800 bits per heavy atom. The van der Waals surface area contributed by atoms with Crippen molar-refractivity contribution in [3.8, 4) is 0 Å². The molecule has 0 radical (unpaired) electrons. The minimum atomic E-state index is -0.556. The van der Waals surface area contributed by atoms with Gasteiger partial charge in [-0.15, -0.1) is 0 Å². The van der Waals surface area contributed by atoms with Crippen LogP contribution < -0.4 is 0 Å². The van der Waals surface area contributed by atoms with Gasteiger partial charge in [0, 0.05) is 12.8 Å². The number of hydrogen-bond acceptors (Lipinski definition) is 4. The third-order valence-electron chi connectivity index (χ3n) is 3.06.